The predicted octanol–water partition coefficient (Wildman–Crippen LogP) is 4.39. The summed E-state index contributed by atoms with van der Waals surface area (Å²) in [5.74, 6) is 1.79. The molecule has 2 aromatic rings. The van der Waals surface area contributed by atoms with Crippen LogP contribution in [-0.4, -0.2) is 55.8 Å². The number of likely N-dealkylation sites (tertiary alicyclic amines) is 1. The monoisotopic (exact) mass is 504 g/mol. The number of hydrogen-bond donors (Lipinski definition) is 3. The van der Waals surface area contributed by atoms with E-state index in [9.17, 15) is 4.79 Å². The summed E-state index contributed by atoms with van der Waals surface area (Å²) in [6.07, 6.45) is 5.94. The van der Waals surface area contributed by atoms with Gasteiger partial charge in [0.05, 0.1) is 13.7 Å². The molecule has 1 aromatic heterocycles. The number of hydrogen-bond acceptors (Lipinski definition) is 6. The first-order chi connectivity index (χ1) is 16.6. The number of thiocarbonyl (C=S) groups is 1. The fraction of sp³-hybridized carbons (Fsp3) is 0.520. The summed E-state index contributed by atoms with van der Waals surface area (Å²) in [4.78, 5) is 15.9. The Balaban J connectivity index is 1.18. The normalized spacial score (nSPS) is 13.8. The maximum absolute atomic E-state index is 12.0. The first-order valence-electron chi connectivity index (χ1n) is 12.0. The highest BCUT2D eigenvalue weighted by Gasteiger charge is 2.12. The van der Waals surface area contributed by atoms with Crippen LogP contribution in [0.25, 0.3) is 0 Å². The van der Waals surface area contributed by atoms with Crippen molar-refractivity contribution in [3.05, 3.63) is 40.6 Å². The van der Waals surface area contributed by atoms with Gasteiger partial charge in [-0.1, -0.05) is 6.42 Å². The van der Waals surface area contributed by atoms with Crippen LogP contribution >= 0.6 is 23.6 Å². The Morgan fingerprint density at radius 3 is 2.59 bits per heavy atom. The van der Waals surface area contributed by atoms with Gasteiger partial charge in [-0.25, -0.2) is 0 Å². The number of benzene rings is 1. The highest BCUT2D eigenvalue weighted by atomic mass is 32.1. The quantitative estimate of drug-likeness (QED) is 0.276. The van der Waals surface area contributed by atoms with Crippen molar-refractivity contribution in [1.82, 2.24) is 15.5 Å². The number of carbonyl (C=O) groups excluding carboxylic acids is 1. The second-order valence-electron chi connectivity index (χ2n) is 8.35. The van der Waals surface area contributed by atoms with Crippen LogP contribution in [0.2, 0.25) is 0 Å². The number of carbonyl (C=O) groups is 1. The van der Waals surface area contributed by atoms with Gasteiger partial charge in [-0.05, 0) is 81.3 Å². The third kappa shape index (κ3) is 9.87. The van der Waals surface area contributed by atoms with Crippen LogP contribution in [0.3, 0.4) is 0 Å². The first kappa shape index (κ1) is 26.2. The Kier molecular flexibility index (Phi) is 11.4. The molecule has 3 rings (SSSR count). The van der Waals surface area contributed by atoms with Crippen LogP contribution < -0.4 is 25.4 Å². The standard InChI is InChI=1S/C25H36N4O3S2/c1-31-21-10-8-20(9-11-21)28-25(33)27-12-5-7-24(30)26-13-6-16-32-22-17-23(34-19-22)18-29-14-3-2-4-15-29/h8-11,17,19H,2-7,12-16,18H2,1H3,(H,26,30)(H2,27,28,33). The van der Waals surface area contributed by atoms with E-state index in [-0.39, 0.29) is 5.91 Å². The highest BCUT2D eigenvalue weighted by molar-refractivity contribution is 7.80. The van der Waals surface area contributed by atoms with Crippen molar-refractivity contribution in [2.45, 2.75) is 45.1 Å². The van der Waals surface area contributed by atoms with E-state index in [1.54, 1.807) is 18.4 Å². The molecule has 1 aromatic carbocycles. The lowest BCUT2D eigenvalue weighted by Gasteiger charge is -2.25. The molecular formula is C25H36N4O3S2. The van der Waals surface area contributed by atoms with Gasteiger partial charge in [0, 0.05) is 42.0 Å². The minimum Gasteiger partial charge on any atom is -0.497 e. The molecule has 7 nitrogen and oxygen atoms in total. The molecule has 0 unspecified atom stereocenters. The van der Waals surface area contributed by atoms with Crippen LogP contribution in [0.1, 0.15) is 43.4 Å². The van der Waals surface area contributed by atoms with Crippen molar-refractivity contribution in [3.8, 4) is 11.5 Å². The number of anilines is 1. The third-order valence-electron chi connectivity index (χ3n) is 5.58. The van der Waals surface area contributed by atoms with Gasteiger partial charge in [0.25, 0.3) is 0 Å². The summed E-state index contributed by atoms with van der Waals surface area (Å²) in [6, 6.07) is 9.69. The van der Waals surface area contributed by atoms with Crippen molar-refractivity contribution in [3.63, 3.8) is 0 Å². The number of rotatable bonds is 13. The molecule has 1 saturated heterocycles. The van der Waals surface area contributed by atoms with Crippen molar-refractivity contribution < 1.29 is 14.3 Å². The van der Waals surface area contributed by atoms with Gasteiger partial charge >= 0.3 is 0 Å². The molecule has 34 heavy (non-hydrogen) atoms. The molecule has 1 aliphatic heterocycles. The number of ether oxygens (including phenoxy) is 2. The van der Waals surface area contributed by atoms with Gasteiger partial charge in [-0.2, -0.15) is 0 Å². The molecule has 1 fully saturated rings. The fourth-order valence-corrected chi connectivity index (χ4v) is 4.80. The maximum Gasteiger partial charge on any atom is 0.220 e. The Morgan fingerprint density at radius 2 is 1.82 bits per heavy atom. The molecule has 1 aliphatic rings. The van der Waals surface area contributed by atoms with E-state index in [0.29, 0.717) is 37.7 Å². The lowest BCUT2D eigenvalue weighted by atomic mass is 10.1. The summed E-state index contributed by atoms with van der Waals surface area (Å²) in [6.45, 7) is 5.30. The minimum atomic E-state index is 0.0511. The predicted molar refractivity (Wildman–Crippen MR) is 143 cm³/mol. The van der Waals surface area contributed by atoms with E-state index in [1.165, 1.54) is 37.2 Å². The van der Waals surface area contributed by atoms with Crippen LogP contribution in [0.4, 0.5) is 5.69 Å². The molecular weight excluding hydrogens is 468 g/mol. The summed E-state index contributed by atoms with van der Waals surface area (Å²) >= 11 is 7.05. The second-order valence-corrected chi connectivity index (χ2v) is 9.75. The van der Waals surface area contributed by atoms with Crippen LogP contribution in [0.15, 0.2) is 35.7 Å². The number of thiophene rings is 1. The number of amides is 1. The lowest BCUT2D eigenvalue weighted by Crippen LogP contribution is -2.31. The van der Waals surface area contributed by atoms with Crippen LogP contribution in [-0.2, 0) is 11.3 Å². The number of nitrogens with zero attached hydrogens (tertiary/aromatic N) is 1. The molecule has 0 aliphatic carbocycles. The van der Waals surface area contributed by atoms with Gasteiger partial charge < -0.3 is 25.4 Å². The summed E-state index contributed by atoms with van der Waals surface area (Å²) in [7, 11) is 1.63. The van der Waals surface area contributed by atoms with Gasteiger partial charge in [-0.15, -0.1) is 11.3 Å². The molecule has 0 saturated carbocycles. The SMILES string of the molecule is COc1ccc(NC(=S)NCCCC(=O)NCCCOc2csc(CN3CCCCC3)c2)cc1. The van der Waals surface area contributed by atoms with E-state index in [0.717, 1.165) is 30.2 Å². The largest absolute Gasteiger partial charge is 0.497 e. The first-order valence-corrected chi connectivity index (χ1v) is 13.3. The Bertz CT molecular complexity index is 883. The van der Waals surface area contributed by atoms with Gasteiger partial charge in [-0.3, -0.25) is 9.69 Å². The van der Waals surface area contributed by atoms with Crippen molar-refractivity contribution in [1.29, 1.82) is 0 Å². The van der Waals surface area contributed by atoms with Crippen LogP contribution in [0, 0.1) is 0 Å². The lowest BCUT2D eigenvalue weighted by molar-refractivity contribution is -0.121. The molecule has 2 heterocycles. The average Bonchev–Trinajstić information content (AvgIpc) is 3.30. The molecule has 186 valence electrons. The van der Waals surface area contributed by atoms with E-state index >= 15 is 0 Å². The van der Waals surface area contributed by atoms with E-state index in [4.69, 9.17) is 21.7 Å². The second kappa shape index (κ2) is 14.8. The zero-order chi connectivity index (χ0) is 24.0. The summed E-state index contributed by atoms with van der Waals surface area (Å²) in [5, 5.41) is 11.8. The summed E-state index contributed by atoms with van der Waals surface area (Å²) in [5.41, 5.74) is 0.888. The highest BCUT2D eigenvalue weighted by Crippen LogP contribution is 2.24. The van der Waals surface area contributed by atoms with E-state index in [2.05, 4.69) is 32.3 Å². The zero-order valence-corrected chi connectivity index (χ0v) is 21.6. The smallest absolute Gasteiger partial charge is 0.220 e. The van der Waals surface area contributed by atoms with E-state index < -0.39 is 0 Å². The Hall–Kier alpha value is -2.36. The van der Waals surface area contributed by atoms with Gasteiger partial charge in [0.15, 0.2) is 5.11 Å². The molecule has 0 bridgehead atoms. The molecule has 0 radical (unpaired) electrons. The van der Waals surface area contributed by atoms with Crippen LogP contribution in [0.5, 0.6) is 11.5 Å². The Labute approximate surface area is 212 Å². The third-order valence-corrected chi connectivity index (χ3v) is 6.73. The molecule has 9 heteroatoms. The number of nitrogens with one attached hydrogen (secondary N) is 3. The molecule has 3 N–H and O–H groups in total. The van der Waals surface area contributed by atoms with Gasteiger partial charge in [0.1, 0.15) is 11.5 Å². The summed E-state index contributed by atoms with van der Waals surface area (Å²) < 4.78 is 11.0. The Morgan fingerprint density at radius 1 is 1.06 bits per heavy atom. The van der Waals surface area contributed by atoms with Crippen molar-refractivity contribution in [2.75, 3.05) is 45.2 Å². The van der Waals surface area contributed by atoms with E-state index in [1.807, 2.05) is 24.3 Å². The minimum absolute atomic E-state index is 0.0511. The zero-order valence-electron chi connectivity index (χ0n) is 19.9. The number of piperidine rings is 1. The molecule has 0 atom stereocenters. The molecule has 0 spiro atoms. The molecule has 1 amide bonds. The van der Waals surface area contributed by atoms with Crippen molar-refractivity contribution >= 4 is 40.3 Å². The topological polar surface area (TPSA) is 74.9 Å². The fourth-order valence-electron chi connectivity index (χ4n) is 3.74. The average molecular weight is 505 g/mol. The maximum atomic E-state index is 12.0. The van der Waals surface area contributed by atoms with Gasteiger partial charge in [0.2, 0.25) is 5.91 Å². The van der Waals surface area contributed by atoms with Crippen molar-refractivity contribution in [2.24, 2.45) is 0 Å². The number of methoxy groups -OCH3 is 1.